The summed E-state index contributed by atoms with van der Waals surface area (Å²) in [5.41, 5.74) is 3.19. The van der Waals surface area contributed by atoms with Crippen molar-refractivity contribution in [2.24, 2.45) is 4.99 Å². The molecule has 0 amide bonds. The van der Waals surface area contributed by atoms with E-state index in [0.717, 1.165) is 11.1 Å². The van der Waals surface area contributed by atoms with Crippen LogP contribution in [0.1, 0.15) is 22.8 Å². The highest BCUT2D eigenvalue weighted by atomic mass is 16.3. The van der Waals surface area contributed by atoms with Crippen molar-refractivity contribution < 1.29 is 5.11 Å². The smallest absolute Gasteiger partial charge is 0.0985 e. The summed E-state index contributed by atoms with van der Waals surface area (Å²) in [6.45, 7) is 2.44. The zero-order valence-corrected chi connectivity index (χ0v) is 10.5. The summed E-state index contributed by atoms with van der Waals surface area (Å²) in [4.78, 5) is 4.27. The second-order valence-corrected chi connectivity index (χ2v) is 4.33. The van der Waals surface area contributed by atoms with Gasteiger partial charge in [0.2, 0.25) is 0 Å². The van der Waals surface area contributed by atoms with Crippen molar-refractivity contribution in [2.75, 3.05) is 6.54 Å². The lowest BCUT2D eigenvalue weighted by molar-refractivity contribution is 0.187. The number of rotatable bonds is 4. The molecule has 0 spiro atoms. The number of benzene rings is 2. The van der Waals surface area contributed by atoms with Crippen molar-refractivity contribution >= 4 is 6.21 Å². The normalized spacial score (nSPS) is 12.8. The molecule has 1 N–H and O–H groups in total. The van der Waals surface area contributed by atoms with Crippen molar-refractivity contribution in [3.63, 3.8) is 0 Å². The minimum atomic E-state index is -0.534. The highest BCUT2D eigenvalue weighted by Gasteiger charge is 2.04. The molecule has 2 heteroatoms. The van der Waals surface area contributed by atoms with Crippen LogP contribution in [0.3, 0.4) is 0 Å². The molecule has 0 aliphatic heterocycles. The van der Waals surface area contributed by atoms with Crippen molar-refractivity contribution in [1.82, 2.24) is 0 Å². The third-order valence-corrected chi connectivity index (χ3v) is 2.78. The first-order valence-corrected chi connectivity index (χ1v) is 6.05. The van der Waals surface area contributed by atoms with Crippen LogP contribution in [0, 0.1) is 6.92 Å². The van der Waals surface area contributed by atoms with Crippen LogP contribution < -0.4 is 0 Å². The number of aliphatic imine (C=N–C) groups is 1. The zero-order valence-electron chi connectivity index (χ0n) is 10.5. The minimum Gasteiger partial charge on any atom is -0.386 e. The predicted molar refractivity (Wildman–Crippen MR) is 75.0 cm³/mol. The fourth-order valence-electron chi connectivity index (χ4n) is 1.69. The molecule has 0 saturated carbocycles. The molecule has 0 aliphatic carbocycles. The number of aliphatic hydroxyl groups excluding tert-OH is 1. The number of nitrogens with zero attached hydrogens (tertiary/aromatic N) is 1. The van der Waals surface area contributed by atoms with E-state index in [-0.39, 0.29) is 0 Å². The molecule has 1 unspecified atom stereocenters. The summed E-state index contributed by atoms with van der Waals surface area (Å²) in [6, 6.07) is 17.7. The summed E-state index contributed by atoms with van der Waals surface area (Å²) in [5.74, 6) is 0. The number of aryl methyl sites for hydroxylation is 1. The van der Waals surface area contributed by atoms with E-state index < -0.39 is 6.10 Å². The van der Waals surface area contributed by atoms with Crippen LogP contribution in [0.2, 0.25) is 0 Å². The third-order valence-electron chi connectivity index (χ3n) is 2.78. The maximum atomic E-state index is 9.93. The van der Waals surface area contributed by atoms with E-state index in [9.17, 15) is 5.11 Å². The SMILES string of the molecule is Cc1ccc(C=NCC(O)c2ccccc2)cc1. The van der Waals surface area contributed by atoms with Gasteiger partial charge in [0.1, 0.15) is 0 Å². The van der Waals surface area contributed by atoms with Gasteiger partial charge < -0.3 is 5.11 Å². The van der Waals surface area contributed by atoms with E-state index in [1.165, 1.54) is 5.56 Å². The summed E-state index contributed by atoms with van der Waals surface area (Å²) in [5, 5.41) is 9.93. The molecule has 2 nitrogen and oxygen atoms in total. The van der Waals surface area contributed by atoms with Gasteiger partial charge in [0.15, 0.2) is 0 Å². The third kappa shape index (κ3) is 3.54. The number of hydrogen-bond donors (Lipinski definition) is 1. The number of aliphatic hydroxyl groups is 1. The second-order valence-electron chi connectivity index (χ2n) is 4.33. The van der Waals surface area contributed by atoms with Crippen LogP contribution in [0.15, 0.2) is 59.6 Å². The predicted octanol–water partition coefficient (Wildman–Crippen LogP) is 3.15. The highest BCUT2D eigenvalue weighted by Crippen LogP contribution is 2.12. The molecule has 18 heavy (non-hydrogen) atoms. The van der Waals surface area contributed by atoms with Gasteiger partial charge >= 0.3 is 0 Å². The molecular weight excluding hydrogens is 222 g/mol. The Kier molecular flexibility index (Phi) is 4.26. The molecule has 0 aromatic heterocycles. The molecule has 0 aliphatic rings. The van der Waals surface area contributed by atoms with Crippen LogP contribution in [-0.2, 0) is 0 Å². The monoisotopic (exact) mass is 239 g/mol. The maximum Gasteiger partial charge on any atom is 0.0985 e. The second kappa shape index (κ2) is 6.12. The Hall–Kier alpha value is -1.93. The highest BCUT2D eigenvalue weighted by molar-refractivity contribution is 5.79. The van der Waals surface area contributed by atoms with Crippen molar-refractivity contribution in [3.05, 3.63) is 71.3 Å². The first kappa shape index (κ1) is 12.5. The largest absolute Gasteiger partial charge is 0.386 e. The maximum absolute atomic E-state index is 9.93. The van der Waals surface area contributed by atoms with Gasteiger partial charge in [0, 0.05) is 6.21 Å². The molecular formula is C16H17NO. The lowest BCUT2D eigenvalue weighted by Crippen LogP contribution is -2.01. The van der Waals surface area contributed by atoms with Gasteiger partial charge in [-0.25, -0.2) is 0 Å². The van der Waals surface area contributed by atoms with E-state index in [1.807, 2.05) is 42.5 Å². The van der Waals surface area contributed by atoms with E-state index in [2.05, 4.69) is 24.0 Å². The lowest BCUT2D eigenvalue weighted by Gasteiger charge is -2.07. The van der Waals surface area contributed by atoms with Gasteiger partial charge in [-0.2, -0.15) is 0 Å². The van der Waals surface area contributed by atoms with E-state index >= 15 is 0 Å². The van der Waals surface area contributed by atoms with Crippen molar-refractivity contribution in [2.45, 2.75) is 13.0 Å². The summed E-state index contributed by atoms with van der Waals surface area (Å²) in [6.07, 6.45) is 1.26. The Morgan fingerprint density at radius 3 is 2.39 bits per heavy atom. The van der Waals surface area contributed by atoms with Crippen LogP contribution in [-0.4, -0.2) is 17.9 Å². The van der Waals surface area contributed by atoms with Crippen LogP contribution in [0.25, 0.3) is 0 Å². The average molecular weight is 239 g/mol. The molecule has 0 bridgehead atoms. The van der Waals surface area contributed by atoms with Crippen LogP contribution >= 0.6 is 0 Å². The molecule has 0 radical (unpaired) electrons. The molecule has 0 heterocycles. The van der Waals surface area contributed by atoms with Gasteiger partial charge in [-0.3, -0.25) is 4.99 Å². The van der Waals surface area contributed by atoms with Crippen molar-refractivity contribution in [1.29, 1.82) is 0 Å². The summed E-state index contributed by atoms with van der Waals surface area (Å²) in [7, 11) is 0. The number of hydrogen-bond acceptors (Lipinski definition) is 2. The lowest BCUT2D eigenvalue weighted by atomic mass is 10.1. The fourth-order valence-corrected chi connectivity index (χ4v) is 1.69. The molecule has 0 fully saturated rings. The minimum absolute atomic E-state index is 0.387. The Morgan fingerprint density at radius 1 is 1.06 bits per heavy atom. The topological polar surface area (TPSA) is 32.6 Å². The van der Waals surface area contributed by atoms with Gasteiger partial charge in [0.25, 0.3) is 0 Å². The Labute approximate surface area is 108 Å². The molecule has 0 saturated heterocycles. The van der Waals surface area contributed by atoms with E-state index in [1.54, 1.807) is 6.21 Å². The average Bonchev–Trinajstić information content (AvgIpc) is 2.42. The quantitative estimate of drug-likeness (QED) is 0.817. The van der Waals surface area contributed by atoms with Crippen LogP contribution in [0.5, 0.6) is 0 Å². The molecule has 1 atom stereocenters. The zero-order chi connectivity index (χ0) is 12.8. The molecule has 2 aromatic carbocycles. The Balaban J connectivity index is 1.93. The van der Waals surface area contributed by atoms with Gasteiger partial charge in [0.05, 0.1) is 12.6 Å². The van der Waals surface area contributed by atoms with Crippen LogP contribution in [0.4, 0.5) is 0 Å². The first-order chi connectivity index (χ1) is 8.75. The summed E-state index contributed by atoms with van der Waals surface area (Å²) < 4.78 is 0. The first-order valence-electron chi connectivity index (χ1n) is 6.05. The van der Waals surface area contributed by atoms with E-state index in [4.69, 9.17) is 0 Å². The van der Waals surface area contributed by atoms with Gasteiger partial charge in [-0.05, 0) is 18.1 Å². The molecule has 92 valence electrons. The fraction of sp³-hybridized carbons (Fsp3) is 0.188. The van der Waals surface area contributed by atoms with Crippen molar-refractivity contribution in [3.8, 4) is 0 Å². The molecule has 2 aromatic rings. The Morgan fingerprint density at radius 2 is 1.72 bits per heavy atom. The van der Waals surface area contributed by atoms with Gasteiger partial charge in [-0.15, -0.1) is 0 Å². The standard InChI is InChI=1S/C16H17NO/c1-13-7-9-14(10-8-13)11-17-12-16(18)15-5-3-2-4-6-15/h2-11,16,18H,12H2,1H3. The Bertz CT molecular complexity index is 502. The van der Waals surface area contributed by atoms with Gasteiger partial charge in [-0.1, -0.05) is 60.2 Å². The van der Waals surface area contributed by atoms with E-state index in [0.29, 0.717) is 6.54 Å². The summed E-state index contributed by atoms with van der Waals surface area (Å²) >= 11 is 0. The molecule has 2 rings (SSSR count).